The molecule has 0 aromatic carbocycles. The quantitative estimate of drug-likeness (QED) is 0.767. The Hall–Kier alpha value is -0.640. The molecule has 0 radical (unpaired) electrons. The van der Waals surface area contributed by atoms with E-state index in [0.29, 0.717) is 5.25 Å². The van der Waals surface area contributed by atoms with Crippen molar-refractivity contribution in [1.29, 1.82) is 0 Å². The first-order chi connectivity index (χ1) is 6.84. The third-order valence-electron chi connectivity index (χ3n) is 2.39. The number of aryl methyl sites for hydroxylation is 1. The summed E-state index contributed by atoms with van der Waals surface area (Å²) >= 11 is 2.04. The lowest BCUT2D eigenvalue weighted by atomic mass is 10.2. The van der Waals surface area contributed by atoms with Crippen LogP contribution in [0.2, 0.25) is 0 Å². The Morgan fingerprint density at radius 3 is 3.21 bits per heavy atom. The molecule has 0 spiro atoms. The molecule has 2 rings (SSSR count). The highest BCUT2D eigenvalue weighted by Gasteiger charge is 2.14. The zero-order valence-corrected chi connectivity index (χ0v) is 9.30. The van der Waals surface area contributed by atoms with E-state index in [0.717, 1.165) is 12.4 Å². The molecule has 0 bridgehead atoms. The predicted molar refractivity (Wildman–Crippen MR) is 58.8 cm³/mol. The van der Waals surface area contributed by atoms with Crippen molar-refractivity contribution in [3.63, 3.8) is 0 Å². The fourth-order valence-electron chi connectivity index (χ4n) is 1.60. The summed E-state index contributed by atoms with van der Waals surface area (Å²) in [6.45, 7) is 0.830. The van der Waals surface area contributed by atoms with E-state index in [-0.39, 0.29) is 0 Å². The van der Waals surface area contributed by atoms with Crippen molar-refractivity contribution < 1.29 is 4.74 Å². The van der Waals surface area contributed by atoms with Gasteiger partial charge in [0.05, 0.1) is 12.4 Å². The molecule has 0 N–H and O–H groups in total. The molecule has 1 atom stereocenters. The van der Waals surface area contributed by atoms with Crippen LogP contribution >= 0.6 is 11.8 Å². The molecule has 0 aliphatic carbocycles. The summed E-state index contributed by atoms with van der Waals surface area (Å²) < 4.78 is 7.43. The normalized spacial score (nSPS) is 22.2. The summed E-state index contributed by atoms with van der Waals surface area (Å²) in [4.78, 5) is 0. The van der Waals surface area contributed by atoms with E-state index in [1.54, 1.807) is 10.9 Å². The third-order valence-corrected chi connectivity index (χ3v) is 3.76. The highest BCUT2D eigenvalue weighted by atomic mass is 32.2. The average molecular weight is 212 g/mol. The second-order valence-corrected chi connectivity index (χ2v) is 5.06. The van der Waals surface area contributed by atoms with Gasteiger partial charge in [0, 0.05) is 12.3 Å². The molecule has 1 aromatic heterocycles. The summed E-state index contributed by atoms with van der Waals surface area (Å²) in [5.74, 6) is 2.18. The maximum Gasteiger partial charge on any atom is 0.157 e. The van der Waals surface area contributed by atoms with E-state index in [9.17, 15) is 0 Å². The largest absolute Gasteiger partial charge is 0.489 e. The Morgan fingerprint density at radius 2 is 2.57 bits per heavy atom. The first kappa shape index (κ1) is 9.90. The summed E-state index contributed by atoms with van der Waals surface area (Å²) in [6.07, 6.45) is 7.70. The van der Waals surface area contributed by atoms with Gasteiger partial charge >= 0.3 is 0 Å². The molecular weight excluding hydrogens is 196 g/mol. The molecule has 78 valence electrons. The molecule has 0 amide bonds. The van der Waals surface area contributed by atoms with Gasteiger partial charge in [0.1, 0.15) is 6.61 Å². The first-order valence-corrected chi connectivity index (χ1v) is 6.12. The molecule has 14 heavy (non-hydrogen) atoms. The average Bonchev–Trinajstić information content (AvgIpc) is 2.63. The molecule has 1 saturated heterocycles. The monoisotopic (exact) mass is 212 g/mol. The number of nitrogens with zero attached hydrogens (tertiary/aromatic N) is 2. The Morgan fingerprint density at radius 1 is 1.64 bits per heavy atom. The smallest absolute Gasteiger partial charge is 0.157 e. The van der Waals surface area contributed by atoms with Crippen LogP contribution in [-0.4, -0.2) is 27.4 Å². The van der Waals surface area contributed by atoms with Gasteiger partial charge in [0.25, 0.3) is 0 Å². The van der Waals surface area contributed by atoms with Gasteiger partial charge in [0.2, 0.25) is 0 Å². The van der Waals surface area contributed by atoms with Gasteiger partial charge in [-0.05, 0) is 18.6 Å². The lowest BCUT2D eigenvalue weighted by molar-refractivity contribution is 0.309. The molecule has 1 aromatic rings. The maximum atomic E-state index is 5.66. The van der Waals surface area contributed by atoms with Crippen molar-refractivity contribution in [3.05, 3.63) is 12.4 Å². The number of ether oxygens (including phenoxy) is 1. The second-order valence-electron chi connectivity index (χ2n) is 3.65. The summed E-state index contributed by atoms with van der Waals surface area (Å²) in [7, 11) is 1.90. The topological polar surface area (TPSA) is 27.1 Å². The fourth-order valence-corrected chi connectivity index (χ4v) is 2.80. The lowest BCUT2D eigenvalue weighted by Crippen LogP contribution is -2.18. The molecule has 2 heterocycles. The number of hydrogen-bond acceptors (Lipinski definition) is 3. The molecule has 3 nitrogen and oxygen atoms in total. The van der Waals surface area contributed by atoms with Crippen molar-refractivity contribution >= 4 is 11.8 Å². The summed E-state index contributed by atoms with van der Waals surface area (Å²) in [5, 5.41) is 4.75. The highest BCUT2D eigenvalue weighted by molar-refractivity contribution is 7.99. The van der Waals surface area contributed by atoms with Gasteiger partial charge in [-0.15, -0.1) is 0 Å². The number of hydrogen-bond donors (Lipinski definition) is 0. The van der Waals surface area contributed by atoms with E-state index in [1.165, 1.54) is 25.0 Å². The molecule has 1 unspecified atom stereocenters. The van der Waals surface area contributed by atoms with Crippen LogP contribution in [0.5, 0.6) is 5.75 Å². The zero-order valence-electron chi connectivity index (χ0n) is 8.48. The highest BCUT2D eigenvalue weighted by Crippen LogP contribution is 2.25. The number of aromatic nitrogens is 2. The van der Waals surface area contributed by atoms with Crippen molar-refractivity contribution in [2.45, 2.75) is 24.5 Å². The van der Waals surface area contributed by atoms with Crippen LogP contribution in [-0.2, 0) is 7.05 Å². The summed E-state index contributed by atoms with van der Waals surface area (Å²) in [6, 6.07) is 0. The summed E-state index contributed by atoms with van der Waals surface area (Å²) in [5.41, 5.74) is 0. The van der Waals surface area contributed by atoms with Gasteiger partial charge in [0.15, 0.2) is 5.75 Å². The van der Waals surface area contributed by atoms with Crippen LogP contribution in [0, 0.1) is 0 Å². The second kappa shape index (κ2) is 4.73. The van der Waals surface area contributed by atoms with Crippen molar-refractivity contribution in [3.8, 4) is 5.75 Å². The minimum atomic E-state index is 0.684. The van der Waals surface area contributed by atoms with Crippen LogP contribution in [0.4, 0.5) is 0 Å². The Bertz CT molecular complexity index is 281. The van der Waals surface area contributed by atoms with Gasteiger partial charge < -0.3 is 4.74 Å². The number of thioether (sulfide) groups is 1. The predicted octanol–water partition coefficient (Wildman–Crippen LogP) is 2.08. The molecule has 1 aliphatic rings. The van der Waals surface area contributed by atoms with Gasteiger partial charge in [-0.3, -0.25) is 4.68 Å². The van der Waals surface area contributed by atoms with Crippen LogP contribution in [0.3, 0.4) is 0 Å². The van der Waals surface area contributed by atoms with Gasteiger partial charge in [-0.25, -0.2) is 0 Å². The van der Waals surface area contributed by atoms with Crippen molar-refractivity contribution in [2.24, 2.45) is 7.05 Å². The Balaban J connectivity index is 1.76. The zero-order chi connectivity index (χ0) is 9.80. The molecule has 4 heteroatoms. The van der Waals surface area contributed by atoms with E-state index < -0.39 is 0 Å². The Kier molecular flexibility index (Phi) is 3.35. The van der Waals surface area contributed by atoms with Crippen LogP contribution < -0.4 is 4.74 Å². The van der Waals surface area contributed by atoms with Gasteiger partial charge in [-0.1, -0.05) is 6.42 Å². The Labute approximate surface area is 88.8 Å². The van der Waals surface area contributed by atoms with E-state index in [4.69, 9.17) is 4.74 Å². The van der Waals surface area contributed by atoms with Gasteiger partial charge in [-0.2, -0.15) is 16.9 Å². The molecule has 0 saturated carbocycles. The van der Waals surface area contributed by atoms with E-state index in [1.807, 2.05) is 25.0 Å². The minimum absolute atomic E-state index is 0.684. The number of rotatable bonds is 3. The van der Waals surface area contributed by atoms with Crippen LogP contribution in [0.15, 0.2) is 12.4 Å². The minimum Gasteiger partial charge on any atom is -0.489 e. The molecule has 1 fully saturated rings. The van der Waals surface area contributed by atoms with E-state index >= 15 is 0 Å². The standard InChI is InChI=1S/C10H16N2OS/c1-12-7-9(6-11-12)13-8-10-4-2-3-5-14-10/h6-7,10H,2-5,8H2,1H3. The van der Waals surface area contributed by atoms with Crippen molar-refractivity contribution in [2.75, 3.05) is 12.4 Å². The first-order valence-electron chi connectivity index (χ1n) is 5.07. The van der Waals surface area contributed by atoms with Crippen LogP contribution in [0.1, 0.15) is 19.3 Å². The third kappa shape index (κ3) is 2.67. The SMILES string of the molecule is Cn1cc(OCC2CCCCS2)cn1. The molecular formula is C10H16N2OS. The van der Waals surface area contributed by atoms with E-state index in [2.05, 4.69) is 5.10 Å². The van der Waals surface area contributed by atoms with Crippen LogP contribution in [0.25, 0.3) is 0 Å². The fraction of sp³-hybridized carbons (Fsp3) is 0.700. The maximum absolute atomic E-state index is 5.66. The van der Waals surface area contributed by atoms with Crippen molar-refractivity contribution in [1.82, 2.24) is 9.78 Å². The molecule has 1 aliphatic heterocycles. The lowest BCUT2D eigenvalue weighted by Gasteiger charge is -2.20.